The number of hydrogen-bond donors (Lipinski definition) is 5. The maximum absolute atomic E-state index is 13.9. The zero-order valence-electron chi connectivity index (χ0n) is 19.2. The van der Waals surface area contributed by atoms with Crippen LogP contribution in [0.2, 0.25) is 0 Å². The molecule has 0 radical (unpaired) electrons. The fourth-order valence-electron chi connectivity index (χ4n) is 3.86. The smallest absolute Gasteiger partial charge is 0.534 e. The number of likely N-dealkylation sites (N-methyl/N-ethyl adjacent to an activating group) is 1. The number of piperazine rings is 1. The molecule has 1 fully saturated rings. The maximum atomic E-state index is 13.9. The van der Waals surface area contributed by atoms with Gasteiger partial charge in [0.1, 0.15) is 29.3 Å². The number of benzene rings is 1. The van der Waals surface area contributed by atoms with E-state index in [0.29, 0.717) is 4.90 Å². The molecule has 0 bridgehead atoms. The van der Waals surface area contributed by atoms with Gasteiger partial charge in [-0.3, -0.25) is 19.3 Å². The van der Waals surface area contributed by atoms with Crippen molar-refractivity contribution in [1.29, 1.82) is 0 Å². The average Bonchev–Trinajstić information content (AvgIpc) is 2.83. The number of halogens is 3. The van der Waals surface area contributed by atoms with Crippen LogP contribution in [0.25, 0.3) is 0 Å². The summed E-state index contributed by atoms with van der Waals surface area (Å²) in [5.74, 6) is -8.40. The summed E-state index contributed by atoms with van der Waals surface area (Å²) in [6.45, 7) is 1.45. The van der Waals surface area contributed by atoms with Crippen molar-refractivity contribution in [2.75, 3.05) is 19.6 Å². The number of nitrogens with zero attached hydrogens (tertiary/aromatic N) is 2. The summed E-state index contributed by atoms with van der Waals surface area (Å²) in [4.78, 5) is 62.5. The van der Waals surface area contributed by atoms with E-state index in [2.05, 4.69) is 5.32 Å². The van der Waals surface area contributed by atoms with E-state index >= 15 is 0 Å². The van der Waals surface area contributed by atoms with Crippen molar-refractivity contribution < 1.29 is 57.0 Å². The van der Waals surface area contributed by atoms with Gasteiger partial charge in [-0.2, -0.15) is 0 Å². The molecule has 2 aliphatic heterocycles. The van der Waals surface area contributed by atoms with Gasteiger partial charge in [0.25, 0.3) is 6.43 Å². The summed E-state index contributed by atoms with van der Waals surface area (Å²) in [7, 11) is -1.96. The van der Waals surface area contributed by atoms with Gasteiger partial charge in [0.15, 0.2) is 0 Å². The largest absolute Gasteiger partial charge is 0.547 e. The zero-order valence-corrected chi connectivity index (χ0v) is 19.2. The van der Waals surface area contributed by atoms with E-state index < -0.39 is 78.5 Å². The van der Waals surface area contributed by atoms with Crippen LogP contribution in [0.5, 0.6) is 5.75 Å². The van der Waals surface area contributed by atoms with Gasteiger partial charge in [0.05, 0.1) is 5.94 Å². The first-order valence-electron chi connectivity index (χ1n) is 10.9. The molecule has 2 heterocycles. The molecule has 1 aromatic rings. The molecule has 200 valence electrons. The number of aliphatic hydroxyl groups is 1. The predicted octanol–water partition coefficient (Wildman–Crippen LogP) is -1.64. The van der Waals surface area contributed by atoms with Crippen LogP contribution in [0.4, 0.5) is 18.0 Å². The monoisotopic (exact) mass is 530 g/mol. The summed E-state index contributed by atoms with van der Waals surface area (Å²) in [6, 6.07) is -1.77. The second-order valence-electron chi connectivity index (χ2n) is 8.14. The number of nitrogens with one attached hydrogen (secondary N) is 2. The highest BCUT2D eigenvalue weighted by atomic mass is 19.3. The third-order valence-corrected chi connectivity index (χ3v) is 5.85. The number of hydrogen-bond acceptors (Lipinski definition) is 8. The van der Waals surface area contributed by atoms with Gasteiger partial charge < -0.3 is 35.4 Å². The Morgan fingerprint density at radius 2 is 1.89 bits per heavy atom. The Morgan fingerprint density at radius 3 is 2.49 bits per heavy atom. The van der Waals surface area contributed by atoms with Crippen molar-refractivity contribution in [3.05, 3.63) is 29.1 Å². The molecule has 37 heavy (non-hydrogen) atoms. The minimum Gasteiger partial charge on any atom is -0.534 e. The van der Waals surface area contributed by atoms with Crippen LogP contribution in [0.15, 0.2) is 12.1 Å². The Hall–Kier alpha value is -3.86. The highest BCUT2D eigenvalue weighted by Crippen LogP contribution is 2.32. The van der Waals surface area contributed by atoms with E-state index in [4.69, 9.17) is 4.65 Å². The number of urea groups is 1. The van der Waals surface area contributed by atoms with Crippen LogP contribution in [0.1, 0.15) is 22.8 Å². The number of carbonyl (C=O) groups is 5. The fraction of sp³-hybridized carbons (Fsp3) is 0.450. The molecule has 5 amide bonds. The number of aromatic carboxylic acids is 1. The summed E-state index contributed by atoms with van der Waals surface area (Å²) >= 11 is 0. The van der Waals surface area contributed by atoms with Crippen LogP contribution in [0.3, 0.4) is 0 Å². The molecule has 3 atom stereocenters. The maximum Gasteiger partial charge on any atom is 0.547 e. The fourth-order valence-corrected chi connectivity index (χ4v) is 3.86. The molecule has 0 aliphatic carbocycles. The predicted molar refractivity (Wildman–Crippen MR) is 116 cm³/mol. The van der Waals surface area contributed by atoms with Gasteiger partial charge >= 0.3 is 30.9 Å². The Labute approximate surface area is 207 Å². The Balaban J connectivity index is 1.77. The van der Waals surface area contributed by atoms with Crippen molar-refractivity contribution in [2.45, 2.75) is 37.9 Å². The van der Waals surface area contributed by atoms with E-state index in [-0.39, 0.29) is 31.6 Å². The summed E-state index contributed by atoms with van der Waals surface area (Å²) in [5, 5.41) is 33.2. The Kier molecular flexibility index (Phi) is 8.27. The van der Waals surface area contributed by atoms with Gasteiger partial charge in [-0.05, 0) is 25.0 Å². The lowest BCUT2D eigenvalue weighted by atomic mass is 9.72. The van der Waals surface area contributed by atoms with Gasteiger partial charge in [-0.25, -0.2) is 22.8 Å². The first-order valence-corrected chi connectivity index (χ1v) is 10.9. The zero-order chi connectivity index (χ0) is 27.6. The van der Waals surface area contributed by atoms with Crippen molar-refractivity contribution >= 4 is 36.8 Å². The Bertz CT molecular complexity index is 1120. The molecule has 5 N–H and O–H groups in total. The quantitative estimate of drug-likeness (QED) is 0.204. The van der Waals surface area contributed by atoms with Gasteiger partial charge in [0, 0.05) is 19.6 Å². The second-order valence-corrected chi connectivity index (χ2v) is 8.14. The lowest BCUT2D eigenvalue weighted by Crippen LogP contribution is -2.64. The molecule has 0 spiro atoms. The highest BCUT2D eigenvalue weighted by Gasteiger charge is 2.43. The summed E-state index contributed by atoms with van der Waals surface area (Å²) in [6.07, 6.45) is -6.62. The minimum absolute atomic E-state index is 0.0350. The minimum atomic E-state index is -3.53. The number of imide groups is 1. The van der Waals surface area contributed by atoms with Crippen LogP contribution in [-0.2, 0) is 20.8 Å². The number of fused-ring (bicyclic) bond motifs is 1. The van der Waals surface area contributed by atoms with Crippen LogP contribution >= 0.6 is 0 Å². The number of aliphatic hydroxyl groups excluding tert-OH is 1. The molecular weight excluding hydrogens is 508 g/mol. The van der Waals surface area contributed by atoms with E-state index in [0.717, 1.165) is 17.0 Å². The molecule has 1 aromatic carbocycles. The van der Waals surface area contributed by atoms with E-state index in [9.17, 15) is 52.4 Å². The highest BCUT2D eigenvalue weighted by molar-refractivity contribution is 6.47. The van der Waals surface area contributed by atoms with E-state index in [1.807, 2.05) is 5.32 Å². The SMILES string of the molecule is CCN1CCN(C(=O)N[C@H](C(=O)N[C@H]2Cc3ccc(F)c(C(=O)O)c3OB2O)[C@H](O)C(F)F)C(=O)C1=O. The topological polar surface area (TPSA) is 186 Å². The molecule has 1 saturated heterocycles. The van der Waals surface area contributed by atoms with Crippen LogP contribution < -0.4 is 15.3 Å². The van der Waals surface area contributed by atoms with Crippen molar-refractivity contribution in [1.82, 2.24) is 20.4 Å². The van der Waals surface area contributed by atoms with Crippen LogP contribution in [-0.4, -0.2) is 106 Å². The van der Waals surface area contributed by atoms with Crippen molar-refractivity contribution in [2.24, 2.45) is 0 Å². The Morgan fingerprint density at radius 1 is 1.22 bits per heavy atom. The lowest BCUT2D eigenvalue weighted by molar-refractivity contribution is -0.153. The number of rotatable bonds is 7. The molecule has 3 rings (SSSR count). The average molecular weight is 530 g/mol. The van der Waals surface area contributed by atoms with Crippen molar-refractivity contribution in [3.63, 3.8) is 0 Å². The standard InChI is InChI=1S/C20H22BF3N4O9/c1-2-27-5-6-28(18(32)17(27)31)20(35)26-12(13(29)15(23)24)16(30)25-10-7-8-3-4-9(22)11(19(33)34)14(8)37-21(10)36/h3-4,10,12-13,15,29,36H,2,5-7H2,1H3,(H,25,30)(H,26,35)(H,33,34)/t10-,12-,13-/m0/s1. The number of carbonyl (C=O) groups excluding carboxylic acids is 4. The second kappa shape index (κ2) is 11.0. The van der Waals surface area contributed by atoms with Crippen LogP contribution in [0, 0.1) is 5.82 Å². The van der Waals surface area contributed by atoms with Gasteiger partial charge in [0.2, 0.25) is 5.91 Å². The van der Waals surface area contributed by atoms with Crippen molar-refractivity contribution in [3.8, 4) is 5.75 Å². The van der Waals surface area contributed by atoms with Gasteiger partial charge in [-0.1, -0.05) is 6.07 Å². The number of alkyl halides is 2. The first kappa shape index (κ1) is 27.7. The molecule has 17 heteroatoms. The first-order chi connectivity index (χ1) is 17.4. The molecular formula is C20H22BF3N4O9. The molecule has 13 nitrogen and oxygen atoms in total. The third-order valence-electron chi connectivity index (χ3n) is 5.85. The van der Waals surface area contributed by atoms with E-state index in [1.165, 1.54) is 0 Å². The van der Waals surface area contributed by atoms with Gasteiger partial charge in [-0.15, -0.1) is 0 Å². The normalized spacial score (nSPS) is 19.2. The number of carboxylic acid groups (broad SMARTS) is 1. The number of carboxylic acids is 1. The molecule has 2 aliphatic rings. The summed E-state index contributed by atoms with van der Waals surface area (Å²) < 4.78 is 45.5. The third kappa shape index (κ3) is 5.61. The summed E-state index contributed by atoms with van der Waals surface area (Å²) in [5.41, 5.74) is -0.802. The number of amides is 5. The van der Waals surface area contributed by atoms with E-state index in [1.54, 1.807) is 6.92 Å². The lowest BCUT2D eigenvalue weighted by Gasteiger charge is -2.34. The molecule has 0 aromatic heterocycles. The molecule has 0 unspecified atom stereocenters. The molecule has 0 saturated carbocycles.